The fourth-order valence-corrected chi connectivity index (χ4v) is 2.07. The molecule has 2 heterocycles. The van der Waals surface area contributed by atoms with Crippen molar-refractivity contribution in [1.29, 1.82) is 0 Å². The lowest BCUT2D eigenvalue weighted by atomic mass is 10.0. The van der Waals surface area contributed by atoms with E-state index in [0.29, 0.717) is 12.1 Å². The zero-order chi connectivity index (χ0) is 10.1. The molecule has 0 amide bonds. The van der Waals surface area contributed by atoms with Gasteiger partial charge in [-0.1, -0.05) is 12.1 Å². The highest BCUT2D eigenvalue weighted by atomic mass is 15.1. The number of aliphatic imine (C=N–C) groups is 1. The zero-order valence-corrected chi connectivity index (χ0v) is 8.35. The van der Waals surface area contributed by atoms with E-state index in [2.05, 4.69) is 39.9 Å². The van der Waals surface area contributed by atoms with Crippen molar-refractivity contribution in [1.82, 2.24) is 0 Å². The average molecular weight is 199 g/mol. The van der Waals surface area contributed by atoms with Crippen molar-refractivity contribution in [2.24, 2.45) is 4.99 Å². The number of benzene rings is 1. The van der Waals surface area contributed by atoms with E-state index in [-0.39, 0.29) is 0 Å². The molecule has 1 aromatic rings. The SMILES string of the molecule is C1=CC2Nc3ccccc3NC2CC=N1. The summed E-state index contributed by atoms with van der Waals surface area (Å²) in [5, 5.41) is 7.04. The second-order valence-electron chi connectivity index (χ2n) is 3.88. The number of nitrogens with zero attached hydrogens (tertiary/aromatic N) is 1. The maximum atomic E-state index is 4.17. The molecule has 3 rings (SSSR count). The Kier molecular flexibility index (Phi) is 1.95. The summed E-state index contributed by atoms with van der Waals surface area (Å²) in [6.45, 7) is 0. The molecule has 0 spiro atoms. The largest absolute Gasteiger partial charge is 0.378 e. The summed E-state index contributed by atoms with van der Waals surface area (Å²) in [6, 6.07) is 9.03. The number of nitrogens with one attached hydrogen (secondary N) is 2. The van der Waals surface area contributed by atoms with Gasteiger partial charge in [-0.15, -0.1) is 0 Å². The highest BCUT2D eigenvalue weighted by Crippen LogP contribution is 2.29. The van der Waals surface area contributed by atoms with E-state index in [1.54, 1.807) is 0 Å². The standard InChI is InChI=1S/C12H13N3/c1-2-4-10-9(3-1)14-11-5-7-13-8-6-12(11)15-10/h1-5,7-8,11-12,14-15H,6H2. The smallest absolute Gasteiger partial charge is 0.0668 e. The Bertz CT molecular complexity index is 423. The van der Waals surface area contributed by atoms with Gasteiger partial charge in [-0.05, 0) is 18.2 Å². The molecule has 0 aromatic heterocycles. The Balaban J connectivity index is 1.95. The maximum absolute atomic E-state index is 4.17. The van der Waals surface area contributed by atoms with Crippen molar-refractivity contribution in [2.45, 2.75) is 18.5 Å². The minimum absolute atomic E-state index is 0.336. The van der Waals surface area contributed by atoms with E-state index in [0.717, 1.165) is 6.42 Å². The molecule has 2 N–H and O–H groups in total. The first kappa shape index (κ1) is 8.53. The van der Waals surface area contributed by atoms with Crippen LogP contribution in [0.2, 0.25) is 0 Å². The van der Waals surface area contributed by atoms with E-state index in [9.17, 15) is 0 Å². The molecule has 2 aliphatic heterocycles. The number of rotatable bonds is 0. The molecule has 0 fully saturated rings. The first-order valence-electron chi connectivity index (χ1n) is 5.24. The molecule has 0 aliphatic carbocycles. The molecule has 0 radical (unpaired) electrons. The van der Waals surface area contributed by atoms with Gasteiger partial charge in [0.25, 0.3) is 0 Å². The number of hydrogen-bond acceptors (Lipinski definition) is 3. The van der Waals surface area contributed by atoms with Crippen molar-refractivity contribution in [3.05, 3.63) is 36.5 Å². The molecule has 0 saturated heterocycles. The van der Waals surface area contributed by atoms with E-state index in [4.69, 9.17) is 0 Å². The molecule has 3 heteroatoms. The van der Waals surface area contributed by atoms with Crippen LogP contribution in [-0.2, 0) is 0 Å². The van der Waals surface area contributed by atoms with Gasteiger partial charge >= 0.3 is 0 Å². The first-order valence-corrected chi connectivity index (χ1v) is 5.24. The van der Waals surface area contributed by atoms with Crippen molar-refractivity contribution in [2.75, 3.05) is 10.6 Å². The molecule has 2 aliphatic rings. The molecule has 3 nitrogen and oxygen atoms in total. The number of para-hydroxylation sites is 2. The molecule has 1 aromatic carbocycles. The first-order chi connectivity index (χ1) is 7.43. The second kappa shape index (κ2) is 3.42. The number of hydrogen-bond donors (Lipinski definition) is 2. The fraction of sp³-hybridized carbons (Fsp3) is 0.250. The predicted molar refractivity (Wildman–Crippen MR) is 63.5 cm³/mol. The van der Waals surface area contributed by atoms with Gasteiger partial charge in [-0.2, -0.15) is 0 Å². The minimum Gasteiger partial charge on any atom is -0.378 e. The molecular weight excluding hydrogens is 186 g/mol. The monoisotopic (exact) mass is 199 g/mol. The molecule has 0 saturated carbocycles. The summed E-state index contributed by atoms with van der Waals surface area (Å²) in [5.74, 6) is 0. The topological polar surface area (TPSA) is 36.4 Å². The molecule has 76 valence electrons. The van der Waals surface area contributed by atoms with Crippen LogP contribution in [0.1, 0.15) is 6.42 Å². The van der Waals surface area contributed by atoms with Crippen LogP contribution in [-0.4, -0.2) is 18.3 Å². The molecule has 0 bridgehead atoms. The summed E-state index contributed by atoms with van der Waals surface area (Å²) < 4.78 is 0. The highest BCUT2D eigenvalue weighted by molar-refractivity contribution is 5.74. The van der Waals surface area contributed by atoms with Crippen LogP contribution in [0, 0.1) is 0 Å². The fourth-order valence-electron chi connectivity index (χ4n) is 2.07. The van der Waals surface area contributed by atoms with Gasteiger partial charge in [-0.25, -0.2) is 0 Å². The summed E-state index contributed by atoms with van der Waals surface area (Å²) in [5.41, 5.74) is 2.35. The van der Waals surface area contributed by atoms with Gasteiger partial charge in [0.1, 0.15) is 0 Å². The van der Waals surface area contributed by atoms with Crippen LogP contribution in [0.4, 0.5) is 11.4 Å². The Hall–Kier alpha value is -1.77. The summed E-state index contributed by atoms with van der Waals surface area (Å²) in [6.07, 6.45) is 6.90. The third-order valence-electron chi connectivity index (χ3n) is 2.87. The normalized spacial score (nSPS) is 26.9. The lowest BCUT2D eigenvalue weighted by Gasteiger charge is -2.33. The number of fused-ring (bicyclic) bond motifs is 2. The molecular formula is C12H13N3. The zero-order valence-electron chi connectivity index (χ0n) is 8.35. The van der Waals surface area contributed by atoms with E-state index >= 15 is 0 Å². The Morgan fingerprint density at radius 1 is 1.13 bits per heavy atom. The third kappa shape index (κ3) is 1.50. The summed E-state index contributed by atoms with van der Waals surface area (Å²) in [7, 11) is 0. The molecule has 2 atom stereocenters. The Morgan fingerprint density at radius 2 is 1.93 bits per heavy atom. The van der Waals surface area contributed by atoms with Gasteiger partial charge in [0, 0.05) is 18.8 Å². The second-order valence-corrected chi connectivity index (χ2v) is 3.88. The Labute approximate surface area is 88.9 Å². The van der Waals surface area contributed by atoms with Crippen molar-refractivity contribution in [3.63, 3.8) is 0 Å². The van der Waals surface area contributed by atoms with E-state index in [1.807, 2.05) is 18.5 Å². The van der Waals surface area contributed by atoms with E-state index < -0.39 is 0 Å². The molecule has 2 unspecified atom stereocenters. The van der Waals surface area contributed by atoms with Crippen LogP contribution in [0.3, 0.4) is 0 Å². The van der Waals surface area contributed by atoms with Crippen LogP contribution in [0.5, 0.6) is 0 Å². The summed E-state index contributed by atoms with van der Waals surface area (Å²) >= 11 is 0. The van der Waals surface area contributed by atoms with Crippen LogP contribution in [0.15, 0.2) is 41.5 Å². The van der Waals surface area contributed by atoms with E-state index in [1.165, 1.54) is 11.4 Å². The maximum Gasteiger partial charge on any atom is 0.0668 e. The predicted octanol–water partition coefficient (Wildman–Crippen LogP) is 2.25. The van der Waals surface area contributed by atoms with Gasteiger partial charge in [0.2, 0.25) is 0 Å². The van der Waals surface area contributed by atoms with Gasteiger partial charge < -0.3 is 10.6 Å². The van der Waals surface area contributed by atoms with Crippen LogP contribution in [0.25, 0.3) is 0 Å². The number of anilines is 2. The lowest BCUT2D eigenvalue weighted by Crippen LogP contribution is -2.41. The van der Waals surface area contributed by atoms with Gasteiger partial charge in [0.15, 0.2) is 0 Å². The van der Waals surface area contributed by atoms with Crippen molar-refractivity contribution in [3.8, 4) is 0 Å². The summed E-state index contributed by atoms with van der Waals surface area (Å²) in [4.78, 5) is 4.17. The molecule has 15 heavy (non-hydrogen) atoms. The van der Waals surface area contributed by atoms with Gasteiger partial charge in [-0.3, -0.25) is 4.99 Å². The van der Waals surface area contributed by atoms with Crippen molar-refractivity contribution < 1.29 is 0 Å². The third-order valence-corrected chi connectivity index (χ3v) is 2.87. The van der Waals surface area contributed by atoms with Gasteiger partial charge in [0.05, 0.1) is 23.5 Å². The average Bonchev–Trinajstić information content (AvgIpc) is 2.50. The van der Waals surface area contributed by atoms with Crippen LogP contribution >= 0.6 is 0 Å². The Morgan fingerprint density at radius 3 is 2.80 bits per heavy atom. The lowest BCUT2D eigenvalue weighted by molar-refractivity contribution is 0.687. The minimum atomic E-state index is 0.336. The van der Waals surface area contributed by atoms with Crippen LogP contribution < -0.4 is 10.6 Å². The quantitative estimate of drug-likeness (QED) is 0.672. The highest BCUT2D eigenvalue weighted by Gasteiger charge is 2.25. The van der Waals surface area contributed by atoms with Crippen molar-refractivity contribution >= 4 is 17.6 Å².